The second kappa shape index (κ2) is 16.7. The van der Waals surface area contributed by atoms with E-state index in [0.29, 0.717) is 36.9 Å². The average Bonchev–Trinajstić information content (AvgIpc) is 3.05. The average molecular weight is 675 g/mol. The minimum Gasteiger partial charge on any atom is -0.429 e. The van der Waals surface area contributed by atoms with Crippen molar-refractivity contribution >= 4 is 41.3 Å². The lowest BCUT2D eigenvalue weighted by molar-refractivity contribution is -0.384. The van der Waals surface area contributed by atoms with Gasteiger partial charge in [0.1, 0.15) is 23.8 Å². The standard InChI is InChI=1S/C34H38N6O9/c1-22(24-7-3-2-4-8-24)37-30(42)34(18-6-19-34)31(43)39-28(9-5-20-36-32(35)44)29(41)38-25-12-10-23(11-13-25)21-48-33(45)49-27-16-14-26(15-17-27)40(46)47/h2-4,7-8,10-17,22,28H,5-6,9,18-21H2,1H3,(H,37,42)(H,38,41)(H,39,43)(H3,35,36,44)/t22-,28+/m1/s1. The molecule has 3 aromatic rings. The molecule has 1 aliphatic carbocycles. The normalized spacial score (nSPS) is 14.1. The number of primary amides is 1. The molecule has 0 heterocycles. The first-order valence-corrected chi connectivity index (χ1v) is 15.7. The topological polar surface area (TPSA) is 221 Å². The summed E-state index contributed by atoms with van der Waals surface area (Å²) in [6.07, 6.45) is 0.827. The van der Waals surface area contributed by atoms with Crippen LogP contribution in [-0.4, -0.2) is 47.4 Å². The van der Waals surface area contributed by atoms with Crippen molar-refractivity contribution in [2.75, 3.05) is 11.9 Å². The van der Waals surface area contributed by atoms with E-state index in [2.05, 4.69) is 21.3 Å². The van der Waals surface area contributed by atoms with Crippen molar-refractivity contribution in [3.05, 3.63) is 100 Å². The van der Waals surface area contributed by atoms with Crippen molar-refractivity contribution in [1.82, 2.24) is 16.0 Å². The van der Waals surface area contributed by atoms with Crippen LogP contribution >= 0.6 is 0 Å². The van der Waals surface area contributed by atoms with E-state index in [1.165, 1.54) is 24.3 Å². The van der Waals surface area contributed by atoms with E-state index in [1.54, 1.807) is 24.3 Å². The minimum atomic E-state index is -1.31. The quantitative estimate of drug-likeness (QED) is 0.0388. The molecule has 0 saturated heterocycles. The number of nitrogens with zero attached hydrogens (tertiary/aromatic N) is 1. The van der Waals surface area contributed by atoms with E-state index in [4.69, 9.17) is 15.2 Å². The number of hydrogen-bond acceptors (Lipinski definition) is 9. The molecular formula is C34H38N6O9. The predicted octanol–water partition coefficient (Wildman–Crippen LogP) is 4.23. The molecule has 15 nitrogen and oxygen atoms in total. The fraction of sp³-hybridized carbons (Fsp3) is 0.324. The van der Waals surface area contributed by atoms with Gasteiger partial charge in [-0.3, -0.25) is 24.5 Å². The molecule has 4 rings (SSSR count). The second-order valence-corrected chi connectivity index (χ2v) is 11.6. The van der Waals surface area contributed by atoms with Gasteiger partial charge < -0.3 is 36.5 Å². The Labute approximate surface area is 282 Å². The number of urea groups is 1. The first-order chi connectivity index (χ1) is 23.5. The number of nitro benzene ring substituents is 1. The van der Waals surface area contributed by atoms with Crippen molar-refractivity contribution < 1.29 is 38.4 Å². The van der Waals surface area contributed by atoms with Gasteiger partial charge in [-0.2, -0.15) is 0 Å². The van der Waals surface area contributed by atoms with Crippen LogP contribution in [-0.2, 0) is 25.7 Å². The van der Waals surface area contributed by atoms with E-state index in [-0.39, 0.29) is 37.1 Å². The smallest absolute Gasteiger partial charge is 0.429 e. The van der Waals surface area contributed by atoms with Crippen LogP contribution in [0.4, 0.5) is 21.0 Å². The molecule has 0 spiro atoms. The van der Waals surface area contributed by atoms with Crippen LogP contribution < -0.4 is 31.7 Å². The fourth-order valence-corrected chi connectivity index (χ4v) is 5.15. The Morgan fingerprint density at radius 3 is 2.16 bits per heavy atom. The summed E-state index contributed by atoms with van der Waals surface area (Å²) in [4.78, 5) is 73.8. The first kappa shape index (κ1) is 35.9. The molecule has 2 atom stereocenters. The maximum absolute atomic E-state index is 13.6. The summed E-state index contributed by atoms with van der Waals surface area (Å²) in [7, 11) is 0. The molecule has 0 aliphatic heterocycles. The molecule has 0 unspecified atom stereocenters. The number of benzene rings is 3. The number of anilines is 1. The number of hydrogen-bond donors (Lipinski definition) is 5. The summed E-state index contributed by atoms with van der Waals surface area (Å²) in [5, 5.41) is 21.7. The summed E-state index contributed by atoms with van der Waals surface area (Å²) in [6.45, 7) is 1.86. The van der Waals surface area contributed by atoms with E-state index in [0.717, 1.165) is 5.56 Å². The number of nitro groups is 1. The van der Waals surface area contributed by atoms with Crippen molar-refractivity contribution in [2.24, 2.45) is 11.1 Å². The van der Waals surface area contributed by atoms with Crippen LogP contribution in [0.2, 0.25) is 0 Å². The molecule has 0 bridgehead atoms. The van der Waals surface area contributed by atoms with Crippen molar-refractivity contribution in [1.29, 1.82) is 0 Å². The second-order valence-electron chi connectivity index (χ2n) is 11.6. The third kappa shape index (κ3) is 10.00. The van der Waals surface area contributed by atoms with Crippen molar-refractivity contribution in [3.8, 4) is 5.75 Å². The van der Waals surface area contributed by atoms with Crippen LogP contribution in [0, 0.1) is 15.5 Å². The van der Waals surface area contributed by atoms with Gasteiger partial charge in [0.15, 0.2) is 0 Å². The number of nitrogens with two attached hydrogens (primary N) is 1. The fourth-order valence-electron chi connectivity index (χ4n) is 5.15. The lowest BCUT2D eigenvalue weighted by Crippen LogP contribution is -2.58. The number of carbonyl (C=O) groups excluding carboxylic acids is 5. The lowest BCUT2D eigenvalue weighted by Gasteiger charge is -2.40. The molecule has 0 radical (unpaired) electrons. The number of rotatable bonds is 15. The highest BCUT2D eigenvalue weighted by molar-refractivity contribution is 6.08. The van der Waals surface area contributed by atoms with Crippen LogP contribution in [0.1, 0.15) is 56.2 Å². The number of amides is 5. The van der Waals surface area contributed by atoms with Crippen molar-refractivity contribution in [3.63, 3.8) is 0 Å². The van der Waals surface area contributed by atoms with Crippen LogP contribution in [0.3, 0.4) is 0 Å². The van der Waals surface area contributed by atoms with E-state index >= 15 is 0 Å². The van der Waals surface area contributed by atoms with Gasteiger partial charge in [-0.1, -0.05) is 48.9 Å². The monoisotopic (exact) mass is 674 g/mol. The van der Waals surface area contributed by atoms with Crippen LogP contribution in [0.15, 0.2) is 78.9 Å². The Morgan fingerprint density at radius 2 is 1.57 bits per heavy atom. The molecule has 1 aliphatic rings. The van der Waals surface area contributed by atoms with Gasteiger partial charge in [0.05, 0.1) is 11.0 Å². The molecule has 6 N–H and O–H groups in total. The molecule has 1 saturated carbocycles. The highest BCUT2D eigenvalue weighted by Gasteiger charge is 2.51. The number of non-ortho nitro benzene ring substituents is 1. The summed E-state index contributed by atoms with van der Waals surface area (Å²) in [5.41, 5.74) is 5.55. The summed E-state index contributed by atoms with van der Waals surface area (Å²) >= 11 is 0. The molecule has 0 aromatic heterocycles. The third-order valence-electron chi connectivity index (χ3n) is 8.14. The Balaban J connectivity index is 1.34. The molecule has 15 heteroatoms. The van der Waals surface area contributed by atoms with Gasteiger partial charge in [-0.05, 0) is 68.0 Å². The molecule has 5 amide bonds. The molecule has 1 fully saturated rings. The summed E-state index contributed by atoms with van der Waals surface area (Å²) in [6, 6.07) is 18.6. The van der Waals surface area contributed by atoms with Gasteiger partial charge in [0, 0.05) is 24.4 Å². The summed E-state index contributed by atoms with van der Waals surface area (Å²) < 4.78 is 10.1. The Bertz CT molecular complexity index is 1640. The van der Waals surface area contributed by atoms with Gasteiger partial charge in [0.2, 0.25) is 17.7 Å². The molecular weight excluding hydrogens is 636 g/mol. The Hall–Kier alpha value is -5.99. The lowest BCUT2D eigenvalue weighted by atomic mass is 9.67. The number of ether oxygens (including phenoxy) is 2. The van der Waals surface area contributed by atoms with Gasteiger partial charge >= 0.3 is 12.2 Å². The van der Waals surface area contributed by atoms with Crippen molar-refractivity contribution in [2.45, 2.75) is 57.7 Å². The van der Waals surface area contributed by atoms with E-state index in [9.17, 15) is 34.1 Å². The molecule has 258 valence electrons. The van der Waals surface area contributed by atoms with E-state index in [1.807, 2.05) is 37.3 Å². The predicted molar refractivity (Wildman–Crippen MR) is 177 cm³/mol. The Kier molecular flexibility index (Phi) is 12.2. The van der Waals surface area contributed by atoms with Gasteiger partial charge in [-0.25, -0.2) is 9.59 Å². The van der Waals surface area contributed by atoms with Crippen LogP contribution in [0.5, 0.6) is 5.75 Å². The zero-order chi connectivity index (χ0) is 35.4. The molecule has 3 aromatic carbocycles. The van der Waals surface area contributed by atoms with E-state index < -0.39 is 46.3 Å². The van der Waals surface area contributed by atoms with Crippen LogP contribution in [0.25, 0.3) is 0 Å². The zero-order valence-electron chi connectivity index (χ0n) is 26.8. The maximum atomic E-state index is 13.6. The zero-order valence-corrected chi connectivity index (χ0v) is 26.8. The first-order valence-electron chi connectivity index (χ1n) is 15.7. The van der Waals surface area contributed by atoms with Gasteiger partial charge in [0.25, 0.3) is 5.69 Å². The Morgan fingerprint density at radius 1 is 0.918 bits per heavy atom. The largest absolute Gasteiger partial charge is 0.514 e. The maximum Gasteiger partial charge on any atom is 0.514 e. The third-order valence-corrected chi connectivity index (χ3v) is 8.14. The highest BCUT2D eigenvalue weighted by Crippen LogP contribution is 2.42. The minimum absolute atomic E-state index is 0.0753. The number of nitrogens with one attached hydrogen (secondary N) is 4. The molecule has 49 heavy (non-hydrogen) atoms. The number of carbonyl (C=O) groups is 5. The van der Waals surface area contributed by atoms with Gasteiger partial charge in [-0.15, -0.1) is 0 Å². The highest BCUT2D eigenvalue weighted by atomic mass is 16.7. The SMILES string of the molecule is C[C@@H](NC(=O)C1(C(=O)N[C@@H](CCCNC(N)=O)C(=O)Nc2ccc(COC(=O)Oc3ccc([N+](=O)[O-])cc3)cc2)CCC1)c1ccccc1. The summed E-state index contributed by atoms with van der Waals surface area (Å²) in [5.74, 6) is -1.41.